The van der Waals surface area contributed by atoms with Gasteiger partial charge in [-0.15, -0.1) is 0 Å². The minimum absolute atomic E-state index is 0.483. The average Bonchev–Trinajstić information content (AvgIpc) is 2.74. The third-order valence-electron chi connectivity index (χ3n) is 3.06. The molecule has 16 heavy (non-hydrogen) atoms. The number of hydrogen-bond donors (Lipinski definition) is 1. The number of hydrogen-bond acceptors (Lipinski definition) is 4. The number of likely N-dealkylation sites (tertiary alicyclic amines) is 1. The van der Waals surface area contributed by atoms with E-state index in [4.69, 9.17) is 11.6 Å². The van der Waals surface area contributed by atoms with Gasteiger partial charge in [-0.2, -0.15) is 0 Å². The Hall–Kier alpha value is -0.870. The van der Waals surface area contributed by atoms with E-state index in [1.807, 2.05) is 0 Å². The minimum Gasteiger partial charge on any atom is -0.368 e. The largest absolute Gasteiger partial charge is 0.368 e. The van der Waals surface area contributed by atoms with Crippen LogP contribution >= 0.6 is 11.6 Å². The third-order valence-corrected chi connectivity index (χ3v) is 3.26. The SMILES string of the molecule is CCN1CCC[C@H]1CNc1cc(Cl)ncn1. The molecule has 1 fully saturated rings. The molecule has 0 aliphatic carbocycles. The number of anilines is 1. The minimum atomic E-state index is 0.483. The van der Waals surface area contributed by atoms with E-state index >= 15 is 0 Å². The lowest BCUT2D eigenvalue weighted by atomic mass is 10.2. The van der Waals surface area contributed by atoms with Crippen molar-refractivity contribution < 1.29 is 0 Å². The van der Waals surface area contributed by atoms with Crippen molar-refractivity contribution in [3.63, 3.8) is 0 Å². The van der Waals surface area contributed by atoms with Gasteiger partial charge in [-0.25, -0.2) is 9.97 Å². The first-order valence-corrected chi connectivity index (χ1v) is 6.13. The van der Waals surface area contributed by atoms with Crippen LogP contribution in [0.2, 0.25) is 5.15 Å². The standard InChI is InChI=1S/C11H17ClN4/c1-2-16-5-3-4-9(16)7-13-11-6-10(12)14-8-15-11/h6,8-9H,2-5,7H2,1H3,(H,13,14,15)/t9-/m0/s1. The topological polar surface area (TPSA) is 41.0 Å². The smallest absolute Gasteiger partial charge is 0.134 e. The number of aromatic nitrogens is 2. The van der Waals surface area contributed by atoms with Gasteiger partial charge in [0.15, 0.2) is 0 Å². The van der Waals surface area contributed by atoms with Crippen molar-refractivity contribution in [2.75, 3.05) is 25.0 Å². The molecule has 1 aliphatic rings. The van der Waals surface area contributed by atoms with E-state index in [-0.39, 0.29) is 0 Å². The van der Waals surface area contributed by atoms with E-state index in [1.54, 1.807) is 6.07 Å². The summed E-state index contributed by atoms with van der Waals surface area (Å²) in [4.78, 5) is 10.5. The van der Waals surface area contributed by atoms with E-state index in [1.165, 1.54) is 25.7 Å². The van der Waals surface area contributed by atoms with E-state index in [9.17, 15) is 0 Å². The van der Waals surface area contributed by atoms with Crippen LogP contribution in [0.5, 0.6) is 0 Å². The van der Waals surface area contributed by atoms with Crippen LogP contribution in [0.25, 0.3) is 0 Å². The monoisotopic (exact) mass is 240 g/mol. The second-order valence-corrected chi connectivity index (χ2v) is 4.42. The van der Waals surface area contributed by atoms with E-state index in [2.05, 4.69) is 27.1 Å². The second-order valence-electron chi connectivity index (χ2n) is 4.03. The lowest BCUT2D eigenvalue weighted by Gasteiger charge is -2.23. The number of nitrogens with one attached hydrogen (secondary N) is 1. The summed E-state index contributed by atoms with van der Waals surface area (Å²) >= 11 is 5.79. The summed E-state index contributed by atoms with van der Waals surface area (Å²) in [7, 11) is 0. The molecule has 0 saturated carbocycles. The van der Waals surface area contributed by atoms with Gasteiger partial charge in [0.05, 0.1) is 0 Å². The molecule has 5 heteroatoms. The maximum absolute atomic E-state index is 5.79. The number of halogens is 1. The molecule has 2 heterocycles. The molecule has 1 saturated heterocycles. The predicted molar refractivity (Wildman–Crippen MR) is 65.8 cm³/mol. The highest BCUT2D eigenvalue weighted by Crippen LogP contribution is 2.17. The summed E-state index contributed by atoms with van der Waals surface area (Å²) in [6, 6.07) is 2.38. The Morgan fingerprint density at radius 2 is 2.44 bits per heavy atom. The lowest BCUT2D eigenvalue weighted by molar-refractivity contribution is 0.277. The van der Waals surface area contributed by atoms with Gasteiger partial charge in [0.1, 0.15) is 17.3 Å². The molecule has 1 aromatic rings. The maximum Gasteiger partial charge on any atom is 0.134 e. The van der Waals surface area contributed by atoms with Crippen molar-refractivity contribution in [2.45, 2.75) is 25.8 Å². The number of rotatable bonds is 4. The molecule has 0 bridgehead atoms. The van der Waals surface area contributed by atoms with Crippen molar-refractivity contribution >= 4 is 17.4 Å². The van der Waals surface area contributed by atoms with Crippen LogP contribution in [0, 0.1) is 0 Å². The number of likely N-dealkylation sites (N-methyl/N-ethyl adjacent to an activating group) is 1. The quantitative estimate of drug-likeness (QED) is 0.818. The normalized spacial score (nSPS) is 21.2. The van der Waals surface area contributed by atoms with Crippen molar-refractivity contribution in [3.05, 3.63) is 17.5 Å². The first-order valence-electron chi connectivity index (χ1n) is 5.75. The third kappa shape index (κ3) is 2.83. The molecule has 0 spiro atoms. The van der Waals surface area contributed by atoms with E-state index in [0.29, 0.717) is 11.2 Å². The Balaban J connectivity index is 1.87. The van der Waals surface area contributed by atoms with Crippen LogP contribution in [0.15, 0.2) is 12.4 Å². The van der Waals surface area contributed by atoms with Gasteiger partial charge in [-0.1, -0.05) is 18.5 Å². The van der Waals surface area contributed by atoms with Gasteiger partial charge < -0.3 is 5.32 Å². The molecule has 2 rings (SSSR count). The highest BCUT2D eigenvalue weighted by atomic mass is 35.5. The van der Waals surface area contributed by atoms with Crippen LogP contribution in [0.4, 0.5) is 5.82 Å². The zero-order chi connectivity index (χ0) is 11.4. The first kappa shape index (κ1) is 11.6. The molecule has 1 atom stereocenters. The van der Waals surface area contributed by atoms with Crippen LogP contribution in [0.1, 0.15) is 19.8 Å². The fourth-order valence-electron chi connectivity index (χ4n) is 2.20. The molecule has 0 radical (unpaired) electrons. The van der Waals surface area contributed by atoms with Gasteiger partial charge in [0, 0.05) is 18.7 Å². The fourth-order valence-corrected chi connectivity index (χ4v) is 2.34. The van der Waals surface area contributed by atoms with Crippen molar-refractivity contribution in [1.82, 2.24) is 14.9 Å². The second kappa shape index (κ2) is 5.46. The zero-order valence-electron chi connectivity index (χ0n) is 9.49. The van der Waals surface area contributed by atoms with Gasteiger partial charge in [-0.3, -0.25) is 4.90 Å². The fraction of sp³-hybridized carbons (Fsp3) is 0.636. The van der Waals surface area contributed by atoms with Crippen LogP contribution in [-0.2, 0) is 0 Å². The van der Waals surface area contributed by atoms with Crippen LogP contribution < -0.4 is 5.32 Å². The van der Waals surface area contributed by atoms with Crippen molar-refractivity contribution in [3.8, 4) is 0 Å². The summed E-state index contributed by atoms with van der Waals surface area (Å²) in [5.74, 6) is 0.808. The molecule has 0 aromatic carbocycles. The molecule has 1 aromatic heterocycles. The van der Waals surface area contributed by atoms with Crippen molar-refractivity contribution in [2.24, 2.45) is 0 Å². The predicted octanol–water partition coefficient (Wildman–Crippen LogP) is 2.03. The summed E-state index contributed by atoms with van der Waals surface area (Å²) in [5.41, 5.74) is 0. The Morgan fingerprint density at radius 1 is 1.56 bits per heavy atom. The summed E-state index contributed by atoms with van der Waals surface area (Å²) in [6.07, 6.45) is 4.04. The molecular formula is C11H17ClN4. The highest BCUT2D eigenvalue weighted by Gasteiger charge is 2.22. The maximum atomic E-state index is 5.79. The van der Waals surface area contributed by atoms with Gasteiger partial charge >= 0.3 is 0 Å². The molecule has 1 aliphatic heterocycles. The molecule has 4 nitrogen and oxygen atoms in total. The zero-order valence-corrected chi connectivity index (χ0v) is 10.2. The first-order chi connectivity index (χ1) is 7.79. The molecule has 0 amide bonds. The lowest BCUT2D eigenvalue weighted by Crippen LogP contribution is -2.34. The Morgan fingerprint density at radius 3 is 3.19 bits per heavy atom. The molecule has 0 unspecified atom stereocenters. The van der Waals surface area contributed by atoms with Gasteiger partial charge in [0.2, 0.25) is 0 Å². The van der Waals surface area contributed by atoms with E-state index in [0.717, 1.165) is 18.9 Å². The summed E-state index contributed by atoms with van der Waals surface area (Å²) in [5, 5.41) is 3.80. The Labute approximate surface area is 101 Å². The van der Waals surface area contributed by atoms with Crippen LogP contribution in [0.3, 0.4) is 0 Å². The van der Waals surface area contributed by atoms with Gasteiger partial charge in [-0.05, 0) is 25.9 Å². The van der Waals surface area contributed by atoms with Crippen molar-refractivity contribution in [1.29, 1.82) is 0 Å². The number of nitrogens with zero attached hydrogens (tertiary/aromatic N) is 3. The average molecular weight is 241 g/mol. The molecule has 88 valence electrons. The van der Waals surface area contributed by atoms with E-state index < -0.39 is 0 Å². The summed E-state index contributed by atoms with van der Waals surface area (Å²) < 4.78 is 0. The molecule has 1 N–H and O–H groups in total. The Bertz CT molecular complexity index is 345. The van der Waals surface area contributed by atoms with Crippen LogP contribution in [-0.4, -0.2) is 40.5 Å². The van der Waals surface area contributed by atoms with Gasteiger partial charge in [0.25, 0.3) is 0 Å². The highest BCUT2D eigenvalue weighted by molar-refractivity contribution is 6.29. The Kier molecular flexibility index (Phi) is 3.96. The molecular weight excluding hydrogens is 224 g/mol. The summed E-state index contributed by atoms with van der Waals surface area (Å²) in [6.45, 7) is 5.48.